The Balaban J connectivity index is 1.86. The molecule has 2 heterocycles. The summed E-state index contributed by atoms with van der Waals surface area (Å²) in [5.41, 5.74) is 2.61. The fourth-order valence-electron chi connectivity index (χ4n) is 3.13. The van der Waals surface area contributed by atoms with Gasteiger partial charge in [-0.2, -0.15) is 0 Å². The maximum atomic E-state index is 5.70. The molecule has 1 unspecified atom stereocenters. The van der Waals surface area contributed by atoms with Gasteiger partial charge in [0.2, 0.25) is 0 Å². The summed E-state index contributed by atoms with van der Waals surface area (Å²) in [7, 11) is 1.96. The Hall–Kier alpha value is -1.16. The first-order valence-corrected chi connectivity index (χ1v) is 7.55. The Morgan fingerprint density at radius 3 is 2.84 bits per heavy atom. The predicted octanol–water partition coefficient (Wildman–Crippen LogP) is 2.51. The smallest absolute Gasteiger partial charge is 0.133 e. The molecule has 2 aliphatic rings. The third-order valence-corrected chi connectivity index (χ3v) is 4.15. The van der Waals surface area contributed by atoms with E-state index in [1.807, 2.05) is 7.05 Å². The normalized spacial score (nSPS) is 22.9. The number of anilines is 1. The average Bonchev–Trinajstić information content (AvgIpc) is 2.81. The van der Waals surface area contributed by atoms with Gasteiger partial charge in [-0.05, 0) is 38.5 Å². The number of nitrogens with one attached hydrogen (secondary N) is 1. The van der Waals surface area contributed by atoms with Crippen LogP contribution in [0.5, 0.6) is 0 Å². The lowest BCUT2D eigenvalue weighted by atomic mass is 10.1. The van der Waals surface area contributed by atoms with Gasteiger partial charge in [-0.25, -0.2) is 9.97 Å². The van der Waals surface area contributed by atoms with Crippen LogP contribution in [0.15, 0.2) is 0 Å². The molecule has 4 nitrogen and oxygen atoms in total. The van der Waals surface area contributed by atoms with Gasteiger partial charge in [0.15, 0.2) is 0 Å². The van der Waals surface area contributed by atoms with E-state index in [4.69, 9.17) is 14.7 Å². The maximum Gasteiger partial charge on any atom is 0.133 e. The van der Waals surface area contributed by atoms with Crippen molar-refractivity contribution < 1.29 is 4.74 Å². The molecule has 1 aromatic rings. The summed E-state index contributed by atoms with van der Waals surface area (Å²) in [6.45, 7) is 0.897. The molecule has 1 aliphatic heterocycles. The summed E-state index contributed by atoms with van der Waals surface area (Å²) in [5, 5.41) is 3.26. The van der Waals surface area contributed by atoms with Crippen molar-refractivity contribution in [3.63, 3.8) is 0 Å². The zero-order valence-electron chi connectivity index (χ0n) is 11.7. The lowest BCUT2D eigenvalue weighted by Crippen LogP contribution is -2.15. The van der Waals surface area contributed by atoms with Crippen molar-refractivity contribution in [2.45, 2.75) is 57.5 Å². The quantitative estimate of drug-likeness (QED) is 0.849. The van der Waals surface area contributed by atoms with Crippen LogP contribution in [0.2, 0.25) is 0 Å². The summed E-state index contributed by atoms with van der Waals surface area (Å²) >= 11 is 0. The second-order valence-corrected chi connectivity index (χ2v) is 5.56. The van der Waals surface area contributed by atoms with E-state index in [0.717, 1.165) is 43.9 Å². The zero-order chi connectivity index (χ0) is 13.1. The van der Waals surface area contributed by atoms with Crippen LogP contribution in [-0.2, 0) is 24.0 Å². The van der Waals surface area contributed by atoms with E-state index in [9.17, 15) is 0 Å². The van der Waals surface area contributed by atoms with E-state index in [2.05, 4.69) is 5.32 Å². The van der Waals surface area contributed by atoms with Crippen LogP contribution in [0, 0.1) is 0 Å². The minimum absolute atomic E-state index is 0.327. The van der Waals surface area contributed by atoms with Gasteiger partial charge in [0.25, 0.3) is 0 Å². The number of fused-ring (bicyclic) bond motifs is 1. The van der Waals surface area contributed by atoms with Crippen molar-refractivity contribution in [2.24, 2.45) is 0 Å². The molecule has 0 spiro atoms. The van der Waals surface area contributed by atoms with Gasteiger partial charge in [-0.15, -0.1) is 0 Å². The number of aromatic nitrogens is 2. The van der Waals surface area contributed by atoms with Crippen LogP contribution in [-0.4, -0.2) is 29.7 Å². The molecule has 1 aliphatic carbocycles. The monoisotopic (exact) mass is 261 g/mol. The Labute approximate surface area is 115 Å². The van der Waals surface area contributed by atoms with Crippen molar-refractivity contribution in [1.82, 2.24) is 9.97 Å². The lowest BCUT2D eigenvalue weighted by Gasteiger charge is -2.14. The highest BCUT2D eigenvalue weighted by atomic mass is 16.5. The third-order valence-electron chi connectivity index (χ3n) is 4.15. The van der Waals surface area contributed by atoms with Gasteiger partial charge in [0.1, 0.15) is 11.6 Å². The molecule has 19 heavy (non-hydrogen) atoms. The molecule has 0 radical (unpaired) electrons. The molecule has 4 heteroatoms. The van der Waals surface area contributed by atoms with E-state index in [-0.39, 0.29) is 0 Å². The fourth-order valence-corrected chi connectivity index (χ4v) is 3.13. The molecular weight excluding hydrogens is 238 g/mol. The van der Waals surface area contributed by atoms with Crippen molar-refractivity contribution >= 4 is 5.82 Å². The second kappa shape index (κ2) is 5.87. The zero-order valence-corrected chi connectivity index (χ0v) is 11.7. The summed E-state index contributed by atoms with van der Waals surface area (Å²) in [6.07, 6.45) is 9.56. The van der Waals surface area contributed by atoms with E-state index >= 15 is 0 Å². The molecule has 1 fully saturated rings. The highest BCUT2D eigenvalue weighted by Gasteiger charge is 2.20. The Bertz CT molecular complexity index is 441. The molecule has 1 atom stereocenters. The van der Waals surface area contributed by atoms with Crippen molar-refractivity contribution in [1.29, 1.82) is 0 Å². The van der Waals surface area contributed by atoms with E-state index < -0.39 is 0 Å². The van der Waals surface area contributed by atoms with Crippen LogP contribution >= 0.6 is 0 Å². The first kappa shape index (κ1) is 12.9. The first-order chi connectivity index (χ1) is 9.36. The number of hydrogen-bond donors (Lipinski definition) is 1. The lowest BCUT2D eigenvalue weighted by molar-refractivity contribution is 0.110. The first-order valence-electron chi connectivity index (χ1n) is 7.55. The molecule has 0 saturated carbocycles. The van der Waals surface area contributed by atoms with Crippen LogP contribution < -0.4 is 5.32 Å². The number of rotatable bonds is 3. The summed E-state index contributed by atoms with van der Waals surface area (Å²) in [5.74, 6) is 2.00. The van der Waals surface area contributed by atoms with Crippen LogP contribution in [0.4, 0.5) is 5.82 Å². The Morgan fingerprint density at radius 1 is 1.16 bits per heavy atom. The summed E-state index contributed by atoms with van der Waals surface area (Å²) in [4.78, 5) is 9.52. The van der Waals surface area contributed by atoms with E-state index in [1.165, 1.54) is 36.9 Å². The number of aryl methyl sites for hydroxylation is 1. The molecule has 1 N–H and O–H groups in total. The molecule has 1 aromatic heterocycles. The van der Waals surface area contributed by atoms with Crippen molar-refractivity contribution in [3.05, 3.63) is 17.1 Å². The highest BCUT2D eigenvalue weighted by Crippen LogP contribution is 2.25. The molecule has 0 bridgehead atoms. The molecular formula is C15H23N3O. The SMILES string of the molecule is CNc1nc(CC2CCCO2)nc2c1CCCCC2. The van der Waals surface area contributed by atoms with Crippen molar-refractivity contribution in [3.8, 4) is 0 Å². The molecule has 0 aromatic carbocycles. The molecule has 0 amide bonds. The number of hydrogen-bond acceptors (Lipinski definition) is 4. The van der Waals surface area contributed by atoms with E-state index in [1.54, 1.807) is 0 Å². The van der Waals surface area contributed by atoms with E-state index in [0.29, 0.717) is 6.10 Å². The van der Waals surface area contributed by atoms with Gasteiger partial charge in [0.05, 0.1) is 6.10 Å². The van der Waals surface area contributed by atoms with Crippen molar-refractivity contribution in [2.75, 3.05) is 19.0 Å². The van der Waals surface area contributed by atoms with Gasteiger partial charge < -0.3 is 10.1 Å². The summed E-state index contributed by atoms with van der Waals surface area (Å²) < 4.78 is 5.70. The van der Waals surface area contributed by atoms with Crippen LogP contribution in [0.1, 0.15) is 49.2 Å². The largest absolute Gasteiger partial charge is 0.378 e. The number of nitrogens with zero attached hydrogens (tertiary/aromatic N) is 2. The standard InChI is InChI=1S/C15H23N3O/c1-16-15-12-7-3-2-4-8-13(12)17-14(18-15)10-11-6-5-9-19-11/h11H,2-10H2,1H3,(H,16,17,18). The highest BCUT2D eigenvalue weighted by molar-refractivity contribution is 5.47. The summed E-state index contributed by atoms with van der Waals surface area (Å²) in [6, 6.07) is 0. The predicted molar refractivity (Wildman–Crippen MR) is 75.5 cm³/mol. The molecule has 3 rings (SSSR count). The number of ether oxygens (including phenoxy) is 1. The van der Waals surface area contributed by atoms with Crippen LogP contribution in [0.3, 0.4) is 0 Å². The van der Waals surface area contributed by atoms with Gasteiger partial charge in [-0.3, -0.25) is 0 Å². The minimum Gasteiger partial charge on any atom is -0.378 e. The van der Waals surface area contributed by atoms with Gasteiger partial charge in [-0.1, -0.05) is 6.42 Å². The maximum absolute atomic E-state index is 5.70. The second-order valence-electron chi connectivity index (χ2n) is 5.56. The Morgan fingerprint density at radius 2 is 2.05 bits per heavy atom. The molecule has 1 saturated heterocycles. The average molecular weight is 261 g/mol. The molecule has 104 valence electrons. The van der Waals surface area contributed by atoms with Crippen LogP contribution in [0.25, 0.3) is 0 Å². The Kier molecular flexibility index (Phi) is 3.97. The van der Waals surface area contributed by atoms with Gasteiger partial charge >= 0.3 is 0 Å². The minimum atomic E-state index is 0.327. The van der Waals surface area contributed by atoms with Gasteiger partial charge in [0, 0.05) is 31.3 Å². The fraction of sp³-hybridized carbons (Fsp3) is 0.733. The topological polar surface area (TPSA) is 47.0 Å². The third kappa shape index (κ3) is 2.89.